The maximum Gasteiger partial charge on any atom is 0.416 e. The highest BCUT2D eigenvalue weighted by Gasteiger charge is 2.31. The molecule has 4 nitrogen and oxygen atoms in total. The standard InChI is InChI=1S/C25H21F3N2O2/c26-25(27,28)17-12-11-16(23(29)14-17)6-5-13-30-24(31)32-15-22-20-9-3-1-7-18(20)19-8-2-4-10-21(19)22/h1-12,14,22H,13,15,29H2,(H,30,31). The number of anilines is 1. The molecule has 32 heavy (non-hydrogen) atoms. The average molecular weight is 438 g/mol. The maximum absolute atomic E-state index is 12.7. The average Bonchev–Trinajstić information content (AvgIpc) is 3.09. The molecule has 0 radical (unpaired) electrons. The number of hydrogen-bond acceptors (Lipinski definition) is 3. The number of rotatable bonds is 5. The first-order valence-electron chi connectivity index (χ1n) is 10.1. The number of carbonyl (C=O) groups excluding carboxylic acids is 1. The van der Waals surface area contributed by atoms with E-state index in [4.69, 9.17) is 10.5 Å². The highest BCUT2D eigenvalue weighted by Crippen LogP contribution is 2.44. The van der Waals surface area contributed by atoms with Gasteiger partial charge in [0.25, 0.3) is 0 Å². The van der Waals surface area contributed by atoms with Crippen molar-refractivity contribution in [1.29, 1.82) is 0 Å². The second kappa shape index (κ2) is 8.78. The summed E-state index contributed by atoms with van der Waals surface area (Å²) in [6.07, 6.45) is -1.86. The smallest absolute Gasteiger partial charge is 0.416 e. The van der Waals surface area contributed by atoms with Crippen molar-refractivity contribution in [2.75, 3.05) is 18.9 Å². The van der Waals surface area contributed by atoms with E-state index in [9.17, 15) is 18.0 Å². The molecule has 0 heterocycles. The quantitative estimate of drug-likeness (QED) is 0.492. The molecule has 0 atom stereocenters. The second-order valence-corrected chi connectivity index (χ2v) is 7.45. The van der Waals surface area contributed by atoms with E-state index in [1.165, 1.54) is 6.07 Å². The lowest BCUT2D eigenvalue weighted by Gasteiger charge is -2.14. The van der Waals surface area contributed by atoms with Crippen molar-refractivity contribution >= 4 is 17.9 Å². The van der Waals surface area contributed by atoms with Crippen LogP contribution in [-0.4, -0.2) is 19.2 Å². The van der Waals surface area contributed by atoms with Gasteiger partial charge in [-0.25, -0.2) is 4.79 Å². The molecule has 7 heteroatoms. The van der Waals surface area contributed by atoms with E-state index in [0.717, 1.165) is 34.4 Å². The van der Waals surface area contributed by atoms with Crippen LogP contribution >= 0.6 is 0 Å². The Morgan fingerprint density at radius 1 is 1.00 bits per heavy atom. The lowest BCUT2D eigenvalue weighted by molar-refractivity contribution is -0.137. The molecule has 3 N–H and O–H groups in total. The van der Waals surface area contributed by atoms with Gasteiger partial charge in [0.05, 0.1) is 5.56 Å². The molecular formula is C25H21F3N2O2. The van der Waals surface area contributed by atoms with Crippen LogP contribution in [-0.2, 0) is 10.9 Å². The van der Waals surface area contributed by atoms with Gasteiger partial charge in [0, 0.05) is 18.2 Å². The van der Waals surface area contributed by atoms with Crippen molar-refractivity contribution in [3.8, 4) is 11.1 Å². The van der Waals surface area contributed by atoms with Crippen molar-refractivity contribution in [2.45, 2.75) is 12.1 Å². The Labute approximate surface area is 183 Å². The van der Waals surface area contributed by atoms with Gasteiger partial charge >= 0.3 is 12.3 Å². The molecule has 0 aliphatic heterocycles. The SMILES string of the molecule is Nc1cc(C(F)(F)F)ccc1C=CCNC(=O)OCC1c2ccccc2-c2ccccc21. The van der Waals surface area contributed by atoms with Gasteiger partial charge in [-0.3, -0.25) is 0 Å². The van der Waals surface area contributed by atoms with Crippen LogP contribution in [0, 0.1) is 0 Å². The number of ether oxygens (including phenoxy) is 1. The predicted octanol–water partition coefficient (Wildman–Crippen LogP) is 5.84. The molecule has 3 aromatic rings. The lowest BCUT2D eigenvalue weighted by Crippen LogP contribution is -2.26. The van der Waals surface area contributed by atoms with Gasteiger partial charge in [-0.05, 0) is 39.9 Å². The van der Waals surface area contributed by atoms with E-state index < -0.39 is 17.8 Å². The zero-order valence-electron chi connectivity index (χ0n) is 17.0. The number of hydrogen-bond donors (Lipinski definition) is 2. The van der Waals surface area contributed by atoms with Crippen LogP contribution in [0.5, 0.6) is 0 Å². The van der Waals surface area contributed by atoms with Gasteiger partial charge in [0.15, 0.2) is 0 Å². The fourth-order valence-corrected chi connectivity index (χ4v) is 3.88. The van der Waals surface area contributed by atoms with Crippen molar-refractivity contribution in [2.24, 2.45) is 0 Å². The highest BCUT2D eigenvalue weighted by molar-refractivity contribution is 5.79. The first-order chi connectivity index (χ1) is 15.3. The highest BCUT2D eigenvalue weighted by atomic mass is 19.4. The first kappa shape index (κ1) is 21.5. The Morgan fingerprint density at radius 3 is 2.22 bits per heavy atom. The molecule has 0 bridgehead atoms. The number of amides is 1. The van der Waals surface area contributed by atoms with Gasteiger partial charge in [-0.2, -0.15) is 13.2 Å². The first-order valence-corrected chi connectivity index (χ1v) is 10.1. The predicted molar refractivity (Wildman–Crippen MR) is 118 cm³/mol. The number of alkyl carbamates (subject to hydrolysis) is 1. The normalized spacial score (nSPS) is 13.1. The Bertz CT molecular complexity index is 1130. The van der Waals surface area contributed by atoms with Crippen LogP contribution in [0.2, 0.25) is 0 Å². The van der Waals surface area contributed by atoms with Gasteiger partial charge < -0.3 is 15.8 Å². The molecule has 0 saturated carbocycles. The van der Waals surface area contributed by atoms with Crippen molar-refractivity contribution < 1.29 is 22.7 Å². The van der Waals surface area contributed by atoms with Gasteiger partial charge in [0.1, 0.15) is 6.61 Å². The third kappa shape index (κ3) is 4.46. The number of halogens is 3. The Morgan fingerprint density at radius 2 is 1.62 bits per heavy atom. The number of fused-ring (bicyclic) bond motifs is 3. The van der Waals surface area contributed by atoms with Crippen LogP contribution < -0.4 is 11.1 Å². The van der Waals surface area contributed by atoms with E-state index in [2.05, 4.69) is 17.4 Å². The molecule has 4 rings (SSSR count). The molecule has 1 amide bonds. The summed E-state index contributed by atoms with van der Waals surface area (Å²) in [4.78, 5) is 12.1. The van der Waals surface area contributed by atoms with Crippen molar-refractivity contribution in [3.63, 3.8) is 0 Å². The summed E-state index contributed by atoms with van der Waals surface area (Å²) in [6.45, 7) is 0.354. The van der Waals surface area contributed by atoms with E-state index in [1.54, 1.807) is 12.2 Å². The molecule has 3 aromatic carbocycles. The third-order valence-corrected chi connectivity index (χ3v) is 5.42. The van der Waals surface area contributed by atoms with Crippen LogP contribution in [0.1, 0.15) is 28.2 Å². The summed E-state index contributed by atoms with van der Waals surface area (Å²) in [5.74, 6) is -0.0318. The van der Waals surface area contributed by atoms with E-state index >= 15 is 0 Å². The molecule has 0 spiro atoms. The molecule has 0 saturated heterocycles. The Balaban J connectivity index is 1.32. The minimum absolute atomic E-state index is 0.0113. The molecule has 164 valence electrons. The number of nitrogens with two attached hydrogens (primary N) is 1. The number of alkyl halides is 3. The monoisotopic (exact) mass is 438 g/mol. The summed E-state index contributed by atoms with van der Waals surface area (Å²) in [6, 6.07) is 19.3. The minimum Gasteiger partial charge on any atom is -0.449 e. The molecule has 1 aliphatic rings. The van der Waals surface area contributed by atoms with Crippen LogP contribution in [0.3, 0.4) is 0 Å². The number of carbonyl (C=O) groups is 1. The van der Waals surface area contributed by atoms with Gasteiger partial charge in [-0.1, -0.05) is 66.7 Å². The minimum atomic E-state index is -4.44. The largest absolute Gasteiger partial charge is 0.449 e. The van der Waals surface area contributed by atoms with E-state index in [1.807, 2.05) is 36.4 Å². The molecule has 0 aromatic heterocycles. The molecular weight excluding hydrogens is 417 g/mol. The Kier molecular flexibility index (Phi) is 5.90. The fourth-order valence-electron chi connectivity index (χ4n) is 3.88. The zero-order valence-corrected chi connectivity index (χ0v) is 17.0. The summed E-state index contributed by atoms with van der Waals surface area (Å²) in [5, 5.41) is 2.61. The summed E-state index contributed by atoms with van der Waals surface area (Å²) in [7, 11) is 0. The second-order valence-electron chi connectivity index (χ2n) is 7.45. The molecule has 0 unspecified atom stereocenters. The van der Waals surface area contributed by atoms with Gasteiger partial charge in [0.2, 0.25) is 0 Å². The molecule has 0 fully saturated rings. The van der Waals surface area contributed by atoms with Crippen LogP contribution in [0.25, 0.3) is 17.2 Å². The Hall–Kier alpha value is -3.74. The fraction of sp³-hybridized carbons (Fsp3) is 0.160. The zero-order chi connectivity index (χ0) is 22.7. The van der Waals surface area contributed by atoms with E-state index in [0.29, 0.717) is 5.56 Å². The number of benzene rings is 3. The van der Waals surface area contributed by atoms with E-state index in [-0.39, 0.29) is 24.8 Å². The summed E-state index contributed by atoms with van der Waals surface area (Å²) in [5.41, 5.74) is 9.88. The summed E-state index contributed by atoms with van der Waals surface area (Å²) >= 11 is 0. The lowest BCUT2D eigenvalue weighted by atomic mass is 9.98. The number of nitrogen functional groups attached to an aromatic ring is 1. The van der Waals surface area contributed by atoms with Crippen LogP contribution in [0.4, 0.5) is 23.7 Å². The summed E-state index contributed by atoms with van der Waals surface area (Å²) < 4.78 is 43.6. The van der Waals surface area contributed by atoms with Gasteiger partial charge in [-0.15, -0.1) is 0 Å². The van der Waals surface area contributed by atoms with Crippen molar-refractivity contribution in [3.05, 3.63) is 95.1 Å². The van der Waals surface area contributed by atoms with Crippen LogP contribution in [0.15, 0.2) is 72.8 Å². The number of nitrogens with one attached hydrogen (secondary N) is 1. The third-order valence-electron chi connectivity index (χ3n) is 5.42. The van der Waals surface area contributed by atoms with Crippen molar-refractivity contribution in [1.82, 2.24) is 5.32 Å². The topological polar surface area (TPSA) is 64.3 Å². The maximum atomic E-state index is 12.7. The molecule has 1 aliphatic carbocycles.